The first-order valence-electron chi connectivity index (χ1n) is 9.04. The van der Waals surface area contributed by atoms with Gasteiger partial charge in [0.2, 0.25) is 0 Å². The summed E-state index contributed by atoms with van der Waals surface area (Å²) in [7, 11) is 0. The smallest absolute Gasteiger partial charge is 0.329 e. The molecule has 2 aromatic rings. The summed E-state index contributed by atoms with van der Waals surface area (Å²) in [6, 6.07) is 13.7. The lowest BCUT2D eigenvalue weighted by molar-refractivity contribution is -0.123. The maximum Gasteiger partial charge on any atom is 0.329 e. The van der Waals surface area contributed by atoms with E-state index in [0.29, 0.717) is 23.7 Å². The molecule has 3 N–H and O–H groups in total. The Morgan fingerprint density at radius 1 is 1.10 bits per heavy atom. The minimum absolute atomic E-state index is 0.166. The first-order chi connectivity index (χ1) is 14.0. The molecule has 1 aliphatic heterocycles. The van der Waals surface area contributed by atoms with E-state index >= 15 is 0 Å². The molecule has 2 aromatic carbocycles. The molecule has 0 spiro atoms. The zero-order chi connectivity index (χ0) is 20.8. The summed E-state index contributed by atoms with van der Waals surface area (Å²) in [6.45, 7) is 2.11. The van der Waals surface area contributed by atoms with E-state index in [1.54, 1.807) is 24.3 Å². The number of imide groups is 1. The molecule has 1 fully saturated rings. The number of hydrogen-bond donors (Lipinski definition) is 2. The van der Waals surface area contributed by atoms with Crippen LogP contribution in [-0.4, -0.2) is 36.0 Å². The number of urea groups is 1. The third-order valence-corrected chi connectivity index (χ3v) is 4.09. The number of nitrogens with one attached hydrogen (secondary N) is 1. The summed E-state index contributed by atoms with van der Waals surface area (Å²) < 4.78 is 10.9. The van der Waals surface area contributed by atoms with Crippen molar-refractivity contribution in [3.8, 4) is 11.5 Å². The molecule has 0 aliphatic carbocycles. The van der Waals surface area contributed by atoms with Crippen molar-refractivity contribution in [3.05, 3.63) is 65.4 Å². The van der Waals surface area contributed by atoms with Gasteiger partial charge >= 0.3 is 6.03 Å². The first kappa shape index (κ1) is 19.9. The van der Waals surface area contributed by atoms with Crippen LogP contribution in [0.25, 0.3) is 6.08 Å². The van der Waals surface area contributed by atoms with Gasteiger partial charge in [-0.25, -0.2) is 4.79 Å². The lowest BCUT2D eigenvalue weighted by Gasteiger charge is -2.12. The highest BCUT2D eigenvalue weighted by molar-refractivity contribution is 6.13. The van der Waals surface area contributed by atoms with Crippen LogP contribution in [0.4, 0.5) is 4.79 Å². The summed E-state index contributed by atoms with van der Waals surface area (Å²) >= 11 is 0. The van der Waals surface area contributed by atoms with Crippen LogP contribution >= 0.6 is 0 Å². The second-order valence-electron chi connectivity index (χ2n) is 6.26. The molecular weight excluding hydrogens is 374 g/mol. The number of nitrogens with two attached hydrogens (primary N) is 1. The molecule has 1 heterocycles. The van der Waals surface area contributed by atoms with Gasteiger partial charge < -0.3 is 20.5 Å². The van der Waals surface area contributed by atoms with Crippen LogP contribution in [0, 0.1) is 0 Å². The van der Waals surface area contributed by atoms with Gasteiger partial charge in [-0.3, -0.25) is 14.5 Å². The standard InChI is InChI=1S/C21H21N3O5/c1-2-28-18-11-15(8-9-17(18)29-13-19(22)25)10-16-20(26)24(21(27)23-16)12-14-6-4-3-5-7-14/h3-11H,2,12-13H2,1H3,(H2,22,25)(H,23,27)/b16-10-. The van der Waals surface area contributed by atoms with Crippen LogP contribution in [0.5, 0.6) is 11.5 Å². The van der Waals surface area contributed by atoms with Gasteiger partial charge in [0, 0.05) is 0 Å². The SMILES string of the molecule is CCOc1cc(/C=C2\NC(=O)N(Cc3ccccc3)C2=O)ccc1OCC(N)=O. The summed E-state index contributed by atoms with van der Waals surface area (Å²) in [6.07, 6.45) is 1.56. The minimum Gasteiger partial charge on any atom is -0.490 e. The van der Waals surface area contributed by atoms with E-state index in [1.807, 2.05) is 37.3 Å². The predicted molar refractivity (Wildman–Crippen MR) is 106 cm³/mol. The number of carbonyl (C=O) groups excluding carboxylic acids is 3. The molecule has 8 heteroatoms. The molecular formula is C21H21N3O5. The van der Waals surface area contributed by atoms with Crippen molar-refractivity contribution < 1.29 is 23.9 Å². The van der Waals surface area contributed by atoms with E-state index < -0.39 is 17.8 Å². The summed E-state index contributed by atoms with van der Waals surface area (Å²) in [5, 5.41) is 2.59. The zero-order valence-corrected chi connectivity index (χ0v) is 15.9. The Balaban J connectivity index is 1.80. The Bertz CT molecular complexity index is 956. The van der Waals surface area contributed by atoms with E-state index in [2.05, 4.69) is 5.32 Å². The predicted octanol–water partition coefficient (Wildman–Crippen LogP) is 2.04. The number of primary amides is 1. The van der Waals surface area contributed by atoms with Gasteiger partial charge in [0.1, 0.15) is 5.70 Å². The number of hydrogen-bond acceptors (Lipinski definition) is 5. The maximum atomic E-state index is 12.6. The van der Waals surface area contributed by atoms with Crippen molar-refractivity contribution in [2.24, 2.45) is 5.73 Å². The summed E-state index contributed by atoms with van der Waals surface area (Å²) in [5.74, 6) is -0.247. The fourth-order valence-electron chi connectivity index (χ4n) is 2.80. The van der Waals surface area contributed by atoms with Crippen molar-refractivity contribution >= 4 is 23.9 Å². The third-order valence-electron chi connectivity index (χ3n) is 4.09. The van der Waals surface area contributed by atoms with E-state index in [9.17, 15) is 14.4 Å². The molecule has 0 unspecified atom stereocenters. The van der Waals surface area contributed by atoms with Gasteiger partial charge in [-0.05, 0) is 36.3 Å². The number of carbonyl (C=O) groups is 3. The molecule has 0 atom stereocenters. The molecule has 29 heavy (non-hydrogen) atoms. The Morgan fingerprint density at radius 3 is 2.55 bits per heavy atom. The van der Waals surface area contributed by atoms with Crippen LogP contribution in [0.1, 0.15) is 18.1 Å². The Labute approximate surface area is 167 Å². The second kappa shape index (κ2) is 8.92. The molecule has 150 valence electrons. The van der Waals surface area contributed by atoms with Gasteiger partial charge in [-0.2, -0.15) is 0 Å². The molecule has 8 nitrogen and oxygen atoms in total. The van der Waals surface area contributed by atoms with E-state index in [0.717, 1.165) is 10.5 Å². The average molecular weight is 395 g/mol. The summed E-state index contributed by atoms with van der Waals surface area (Å²) in [4.78, 5) is 37.0. The van der Waals surface area contributed by atoms with Crippen molar-refractivity contribution in [2.75, 3.05) is 13.2 Å². The van der Waals surface area contributed by atoms with Gasteiger partial charge in [-0.15, -0.1) is 0 Å². The Kier molecular flexibility index (Phi) is 6.13. The fraction of sp³-hybridized carbons (Fsp3) is 0.190. The molecule has 1 aliphatic rings. The molecule has 3 rings (SSSR count). The zero-order valence-electron chi connectivity index (χ0n) is 15.9. The van der Waals surface area contributed by atoms with Gasteiger partial charge in [0.05, 0.1) is 13.2 Å². The normalized spacial score (nSPS) is 14.8. The maximum absolute atomic E-state index is 12.6. The van der Waals surface area contributed by atoms with Crippen molar-refractivity contribution in [1.82, 2.24) is 10.2 Å². The number of rotatable bonds is 8. The van der Waals surface area contributed by atoms with Crippen LogP contribution in [-0.2, 0) is 16.1 Å². The fourth-order valence-corrected chi connectivity index (χ4v) is 2.80. The number of amides is 4. The molecule has 0 bridgehead atoms. The van der Waals surface area contributed by atoms with E-state index in [4.69, 9.17) is 15.2 Å². The number of nitrogens with zero attached hydrogens (tertiary/aromatic N) is 1. The average Bonchev–Trinajstić information content (AvgIpc) is 2.96. The third kappa shape index (κ3) is 4.92. The highest BCUT2D eigenvalue weighted by atomic mass is 16.5. The molecule has 0 radical (unpaired) electrons. The lowest BCUT2D eigenvalue weighted by Crippen LogP contribution is -2.30. The second-order valence-corrected chi connectivity index (χ2v) is 6.26. The van der Waals surface area contributed by atoms with Crippen molar-refractivity contribution in [3.63, 3.8) is 0 Å². The molecule has 0 saturated carbocycles. The first-order valence-corrected chi connectivity index (χ1v) is 9.04. The van der Waals surface area contributed by atoms with Crippen molar-refractivity contribution in [1.29, 1.82) is 0 Å². The van der Waals surface area contributed by atoms with Gasteiger partial charge in [0.25, 0.3) is 11.8 Å². The lowest BCUT2D eigenvalue weighted by atomic mass is 10.1. The molecule has 0 aromatic heterocycles. The van der Waals surface area contributed by atoms with Crippen LogP contribution in [0.15, 0.2) is 54.2 Å². The number of benzene rings is 2. The monoisotopic (exact) mass is 395 g/mol. The van der Waals surface area contributed by atoms with Gasteiger partial charge in [-0.1, -0.05) is 36.4 Å². The van der Waals surface area contributed by atoms with Crippen LogP contribution in [0.2, 0.25) is 0 Å². The highest BCUT2D eigenvalue weighted by Gasteiger charge is 2.33. The van der Waals surface area contributed by atoms with E-state index in [1.165, 1.54) is 0 Å². The Morgan fingerprint density at radius 2 is 1.86 bits per heavy atom. The largest absolute Gasteiger partial charge is 0.490 e. The minimum atomic E-state index is -0.601. The quantitative estimate of drug-likeness (QED) is 0.525. The Hall–Kier alpha value is -3.81. The van der Waals surface area contributed by atoms with E-state index in [-0.39, 0.29) is 18.8 Å². The highest BCUT2D eigenvalue weighted by Crippen LogP contribution is 2.29. The topological polar surface area (TPSA) is 111 Å². The van der Waals surface area contributed by atoms with Gasteiger partial charge in [0.15, 0.2) is 18.1 Å². The molecule has 1 saturated heterocycles. The molecule has 4 amide bonds. The summed E-state index contributed by atoms with van der Waals surface area (Å²) in [5.41, 5.74) is 6.75. The van der Waals surface area contributed by atoms with Crippen LogP contribution < -0.4 is 20.5 Å². The van der Waals surface area contributed by atoms with Crippen molar-refractivity contribution in [2.45, 2.75) is 13.5 Å². The number of ether oxygens (including phenoxy) is 2. The van der Waals surface area contributed by atoms with Crippen LogP contribution in [0.3, 0.4) is 0 Å².